The molecule has 0 spiro atoms. The molecule has 1 heterocycles. The van der Waals surface area contributed by atoms with Crippen LogP contribution in [0.4, 0.5) is 0 Å². The van der Waals surface area contributed by atoms with Crippen molar-refractivity contribution in [2.24, 2.45) is 0 Å². The first-order chi connectivity index (χ1) is 8.53. The van der Waals surface area contributed by atoms with Crippen molar-refractivity contribution < 1.29 is 13.2 Å². The summed E-state index contributed by atoms with van der Waals surface area (Å²) in [6, 6.07) is 6.11. The molecule has 0 saturated carbocycles. The van der Waals surface area contributed by atoms with Crippen LogP contribution in [0, 0.1) is 0 Å². The molecule has 2 rings (SSSR count). The molecule has 0 radical (unpaired) electrons. The van der Waals surface area contributed by atoms with Crippen LogP contribution >= 0.6 is 0 Å². The van der Waals surface area contributed by atoms with E-state index in [-0.39, 0.29) is 5.75 Å². The number of benzene rings is 1. The third-order valence-corrected chi connectivity index (χ3v) is 5.17. The number of fused-ring (bicyclic) bond motifs is 1. The number of nitrogens with zero attached hydrogens (tertiary/aromatic N) is 1. The lowest BCUT2D eigenvalue weighted by Gasteiger charge is -2.15. The van der Waals surface area contributed by atoms with Gasteiger partial charge in [0, 0.05) is 20.0 Å². The Morgan fingerprint density at radius 3 is 2.89 bits per heavy atom. The van der Waals surface area contributed by atoms with Crippen molar-refractivity contribution in [3.8, 4) is 5.75 Å². The van der Waals surface area contributed by atoms with Crippen LogP contribution in [0.2, 0.25) is 0 Å². The number of sulfonamides is 1. The van der Waals surface area contributed by atoms with Gasteiger partial charge >= 0.3 is 0 Å². The van der Waals surface area contributed by atoms with Crippen molar-refractivity contribution >= 4 is 10.0 Å². The molecule has 1 aliphatic heterocycles. The maximum atomic E-state index is 11.6. The molecule has 0 fully saturated rings. The van der Waals surface area contributed by atoms with E-state index < -0.39 is 10.0 Å². The summed E-state index contributed by atoms with van der Waals surface area (Å²) in [6.07, 6.45) is 1.69. The topological polar surface area (TPSA) is 46.6 Å². The van der Waals surface area contributed by atoms with E-state index in [4.69, 9.17) is 4.74 Å². The van der Waals surface area contributed by atoms with Gasteiger partial charge in [0.2, 0.25) is 10.0 Å². The van der Waals surface area contributed by atoms with E-state index in [9.17, 15) is 8.42 Å². The fourth-order valence-electron chi connectivity index (χ4n) is 2.04. The minimum atomic E-state index is -3.07. The van der Waals surface area contributed by atoms with E-state index in [2.05, 4.69) is 6.07 Å². The average molecular weight is 269 g/mol. The molecule has 0 aliphatic carbocycles. The largest absolute Gasteiger partial charge is 0.493 e. The summed E-state index contributed by atoms with van der Waals surface area (Å²) >= 11 is 0. The van der Waals surface area contributed by atoms with E-state index in [0.717, 1.165) is 30.8 Å². The Hall–Kier alpha value is -1.07. The molecule has 0 bridgehead atoms. The molecular weight excluding hydrogens is 250 g/mol. The first kappa shape index (κ1) is 13.4. The van der Waals surface area contributed by atoms with Gasteiger partial charge in [0.25, 0.3) is 0 Å². The van der Waals surface area contributed by atoms with Gasteiger partial charge in [-0.05, 0) is 30.5 Å². The lowest BCUT2D eigenvalue weighted by atomic mass is 10.1. The number of ether oxygens (including phenoxy) is 1. The van der Waals surface area contributed by atoms with Gasteiger partial charge in [0.05, 0.1) is 12.4 Å². The Morgan fingerprint density at radius 1 is 1.39 bits per heavy atom. The highest BCUT2D eigenvalue weighted by molar-refractivity contribution is 7.89. The van der Waals surface area contributed by atoms with Crippen molar-refractivity contribution in [1.82, 2.24) is 4.31 Å². The molecule has 0 unspecified atom stereocenters. The molecule has 0 aromatic heterocycles. The Bertz CT molecular complexity index is 525. The Morgan fingerprint density at radius 2 is 2.17 bits per heavy atom. The first-order valence-corrected chi connectivity index (χ1v) is 7.82. The Labute approximate surface area is 109 Å². The van der Waals surface area contributed by atoms with Crippen molar-refractivity contribution in [2.45, 2.75) is 19.8 Å². The molecule has 0 N–H and O–H groups in total. The predicted molar refractivity (Wildman–Crippen MR) is 71.4 cm³/mol. The highest BCUT2D eigenvalue weighted by Crippen LogP contribution is 2.26. The molecule has 18 heavy (non-hydrogen) atoms. The molecular formula is C13H19NO3S. The third-order valence-electron chi connectivity index (χ3n) is 3.31. The summed E-state index contributed by atoms with van der Waals surface area (Å²) in [5.41, 5.74) is 2.39. The zero-order valence-corrected chi connectivity index (χ0v) is 11.7. The SMILES string of the molecule is CCS(=O)(=O)N(C)CCc1ccc2c(c1)CCO2. The standard InChI is InChI=1S/C13H19NO3S/c1-3-18(15,16)14(2)8-6-11-4-5-13-12(10-11)7-9-17-13/h4-5,10H,3,6-9H2,1-2H3. The van der Waals surface area contributed by atoms with Crippen LogP contribution in [0.1, 0.15) is 18.1 Å². The first-order valence-electron chi connectivity index (χ1n) is 6.21. The molecule has 0 atom stereocenters. The normalized spacial score (nSPS) is 14.6. The van der Waals surface area contributed by atoms with E-state index in [1.807, 2.05) is 12.1 Å². The number of rotatable bonds is 5. The minimum absolute atomic E-state index is 0.154. The van der Waals surface area contributed by atoms with E-state index in [1.165, 1.54) is 9.87 Å². The van der Waals surface area contributed by atoms with Crippen molar-refractivity contribution in [2.75, 3.05) is 26.0 Å². The van der Waals surface area contributed by atoms with Crippen LogP contribution in [-0.2, 0) is 22.9 Å². The second-order valence-corrected chi connectivity index (χ2v) is 6.88. The predicted octanol–water partition coefficient (Wildman–Crippen LogP) is 1.45. The van der Waals surface area contributed by atoms with Gasteiger partial charge in [0.1, 0.15) is 5.75 Å². The third kappa shape index (κ3) is 2.84. The Balaban J connectivity index is 1.99. The molecule has 1 aromatic rings. The van der Waals surface area contributed by atoms with Crippen molar-refractivity contribution in [3.63, 3.8) is 0 Å². The fraction of sp³-hybridized carbons (Fsp3) is 0.538. The van der Waals surface area contributed by atoms with E-state index >= 15 is 0 Å². The van der Waals surface area contributed by atoms with Gasteiger partial charge in [-0.1, -0.05) is 12.1 Å². The summed E-state index contributed by atoms with van der Waals surface area (Å²) in [5, 5.41) is 0. The lowest BCUT2D eigenvalue weighted by molar-refractivity contribution is 0.357. The molecule has 1 aromatic carbocycles. The van der Waals surface area contributed by atoms with Gasteiger partial charge in [-0.3, -0.25) is 0 Å². The minimum Gasteiger partial charge on any atom is -0.493 e. The summed E-state index contributed by atoms with van der Waals surface area (Å²) in [5.74, 6) is 1.12. The summed E-state index contributed by atoms with van der Waals surface area (Å²) < 4.78 is 30.1. The number of hydrogen-bond donors (Lipinski definition) is 0. The lowest BCUT2D eigenvalue weighted by Crippen LogP contribution is -2.30. The van der Waals surface area contributed by atoms with Gasteiger partial charge in [-0.25, -0.2) is 12.7 Å². The van der Waals surface area contributed by atoms with Crippen molar-refractivity contribution in [3.05, 3.63) is 29.3 Å². The van der Waals surface area contributed by atoms with Crippen LogP contribution < -0.4 is 4.74 Å². The van der Waals surface area contributed by atoms with E-state index in [0.29, 0.717) is 6.54 Å². The van der Waals surface area contributed by atoms with Gasteiger partial charge in [-0.2, -0.15) is 0 Å². The molecule has 0 amide bonds. The summed E-state index contributed by atoms with van der Waals surface area (Å²) in [6.45, 7) is 2.94. The molecule has 4 nitrogen and oxygen atoms in total. The maximum Gasteiger partial charge on any atom is 0.213 e. The van der Waals surface area contributed by atoms with Gasteiger partial charge in [0.15, 0.2) is 0 Å². The summed E-state index contributed by atoms with van der Waals surface area (Å²) in [7, 11) is -1.44. The second-order valence-electron chi connectivity index (χ2n) is 4.51. The highest BCUT2D eigenvalue weighted by atomic mass is 32.2. The molecule has 1 aliphatic rings. The smallest absolute Gasteiger partial charge is 0.213 e. The van der Waals surface area contributed by atoms with Crippen molar-refractivity contribution in [1.29, 1.82) is 0 Å². The Kier molecular flexibility index (Phi) is 3.92. The van der Waals surface area contributed by atoms with Gasteiger partial charge in [-0.15, -0.1) is 0 Å². The zero-order valence-electron chi connectivity index (χ0n) is 10.8. The van der Waals surface area contributed by atoms with Crippen LogP contribution in [0.15, 0.2) is 18.2 Å². The van der Waals surface area contributed by atoms with Crippen LogP contribution in [0.25, 0.3) is 0 Å². The zero-order chi connectivity index (χ0) is 13.2. The molecule has 100 valence electrons. The average Bonchev–Trinajstić information content (AvgIpc) is 2.83. The maximum absolute atomic E-state index is 11.6. The summed E-state index contributed by atoms with van der Waals surface area (Å²) in [4.78, 5) is 0. The molecule has 5 heteroatoms. The highest BCUT2D eigenvalue weighted by Gasteiger charge is 2.16. The quantitative estimate of drug-likeness (QED) is 0.812. The van der Waals surface area contributed by atoms with E-state index in [1.54, 1.807) is 14.0 Å². The van der Waals surface area contributed by atoms with Crippen LogP contribution in [0.5, 0.6) is 5.75 Å². The van der Waals surface area contributed by atoms with Crippen LogP contribution in [-0.4, -0.2) is 38.7 Å². The fourth-order valence-corrected chi connectivity index (χ4v) is 2.85. The van der Waals surface area contributed by atoms with Crippen LogP contribution in [0.3, 0.4) is 0 Å². The monoisotopic (exact) mass is 269 g/mol. The molecule has 0 saturated heterocycles. The number of hydrogen-bond acceptors (Lipinski definition) is 3. The van der Waals surface area contributed by atoms with Gasteiger partial charge < -0.3 is 4.74 Å². The second kappa shape index (κ2) is 5.28. The number of likely N-dealkylation sites (N-methyl/N-ethyl adjacent to an activating group) is 1.